The van der Waals surface area contributed by atoms with E-state index in [1.807, 2.05) is 0 Å². The quantitative estimate of drug-likeness (QED) is 0.129. The summed E-state index contributed by atoms with van der Waals surface area (Å²) in [6, 6.07) is 5.20. The van der Waals surface area contributed by atoms with Crippen molar-refractivity contribution in [3.05, 3.63) is 94.6 Å². The molecule has 22 heteroatoms. The van der Waals surface area contributed by atoms with E-state index in [0.717, 1.165) is 22.3 Å². The highest BCUT2D eigenvalue weighted by Gasteiger charge is 2.43. The van der Waals surface area contributed by atoms with Crippen molar-refractivity contribution in [1.29, 1.82) is 0 Å². The lowest BCUT2D eigenvalue weighted by Gasteiger charge is -2.42. The number of hydrogen-bond acceptors (Lipinski definition) is 17. The van der Waals surface area contributed by atoms with Gasteiger partial charge in [0.2, 0.25) is 11.9 Å². The molecule has 0 spiro atoms. The molecule has 0 amide bonds. The monoisotopic (exact) mass is 856 g/mol. The SMILES string of the molecule is CC1C(C(=O)O)CN1c1nnc(-c2cnc(NC3Cc4cc(F)c(F)cc4C3)nc2)o1.COC(=O)C1CN(c2nnc(-c3cnc(NC4Cc5cc(F)c(F)cc5C4)nc3)o2)C1. The van der Waals surface area contributed by atoms with E-state index >= 15 is 0 Å². The van der Waals surface area contributed by atoms with Crippen LogP contribution in [0.1, 0.15) is 29.2 Å². The van der Waals surface area contributed by atoms with E-state index in [1.165, 1.54) is 43.8 Å². The third-order valence-electron chi connectivity index (χ3n) is 11.4. The zero-order valence-corrected chi connectivity index (χ0v) is 32.9. The van der Waals surface area contributed by atoms with Crippen LogP contribution in [0.2, 0.25) is 0 Å². The van der Waals surface area contributed by atoms with Crippen LogP contribution in [0.25, 0.3) is 22.9 Å². The van der Waals surface area contributed by atoms with E-state index < -0.39 is 35.2 Å². The summed E-state index contributed by atoms with van der Waals surface area (Å²) >= 11 is 0. The van der Waals surface area contributed by atoms with E-state index in [2.05, 4.69) is 51.0 Å². The summed E-state index contributed by atoms with van der Waals surface area (Å²) in [6.45, 7) is 3.03. The number of ether oxygens (including phenoxy) is 1. The fourth-order valence-corrected chi connectivity index (χ4v) is 7.83. The summed E-state index contributed by atoms with van der Waals surface area (Å²) in [5.74, 6) is -3.84. The molecular weight excluding hydrogens is 821 g/mol. The van der Waals surface area contributed by atoms with Gasteiger partial charge >= 0.3 is 24.0 Å². The third-order valence-corrected chi connectivity index (χ3v) is 11.4. The molecule has 3 N–H and O–H groups in total. The number of aliphatic carboxylic acids is 1. The average Bonchev–Trinajstić information content (AvgIpc) is 4.06. The molecule has 0 saturated carbocycles. The minimum atomic E-state index is -0.847. The lowest BCUT2D eigenvalue weighted by Crippen LogP contribution is -2.58. The third kappa shape index (κ3) is 8.01. The predicted molar refractivity (Wildman–Crippen MR) is 209 cm³/mol. The summed E-state index contributed by atoms with van der Waals surface area (Å²) in [5.41, 5.74) is 4.19. The van der Waals surface area contributed by atoms with Gasteiger partial charge in [0.05, 0.1) is 30.1 Å². The van der Waals surface area contributed by atoms with Crippen LogP contribution in [0.15, 0.2) is 57.9 Å². The van der Waals surface area contributed by atoms with Gasteiger partial charge in [0.25, 0.3) is 11.8 Å². The highest BCUT2D eigenvalue weighted by Crippen LogP contribution is 2.33. The highest BCUT2D eigenvalue weighted by atomic mass is 19.2. The van der Waals surface area contributed by atoms with Crippen LogP contribution in [0.5, 0.6) is 0 Å². The Morgan fingerprint density at radius 1 is 0.677 bits per heavy atom. The number of halogens is 4. The summed E-state index contributed by atoms with van der Waals surface area (Å²) in [4.78, 5) is 43.2. The van der Waals surface area contributed by atoms with E-state index in [0.29, 0.717) is 74.4 Å². The number of rotatable bonds is 10. The Hall–Kier alpha value is -7.26. The number of fused-ring (bicyclic) bond motifs is 2. The van der Waals surface area contributed by atoms with Gasteiger partial charge in [0, 0.05) is 62.5 Å². The van der Waals surface area contributed by atoms with Crippen molar-refractivity contribution in [3.63, 3.8) is 0 Å². The minimum Gasteiger partial charge on any atom is -0.481 e. The topological polar surface area (TPSA) is 224 Å². The molecule has 62 heavy (non-hydrogen) atoms. The number of nitrogens with zero attached hydrogens (tertiary/aromatic N) is 10. The first-order valence-corrected chi connectivity index (χ1v) is 19.5. The van der Waals surface area contributed by atoms with Crippen molar-refractivity contribution >= 4 is 35.9 Å². The molecule has 4 aliphatic rings. The molecule has 2 atom stereocenters. The first-order valence-electron chi connectivity index (χ1n) is 19.5. The molecule has 0 bridgehead atoms. The van der Waals surface area contributed by atoms with Crippen molar-refractivity contribution in [2.24, 2.45) is 11.8 Å². The first-order chi connectivity index (χ1) is 29.9. The number of esters is 1. The van der Waals surface area contributed by atoms with Gasteiger partial charge in [0.1, 0.15) is 0 Å². The van der Waals surface area contributed by atoms with Gasteiger partial charge in [-0.25, -0.2) is 37.5 Å². The zero-order chi connectivity index (χ0) is 43.2. The van der Waals surface area contributed by atoms with Gasteiger partial charge in [-0.2, -0.15) is 0 Å². The number of methoxy groups -OCH3 is 1. The van der Waals surface area contributed by atoms with Crippen LogP contribution in [-0.4, -0.2) is 102 Å². The Morgan fingerprint density at radius 2 is 1.10 bits per heavy atom. The predicted octanol–water partition coefficient (Wildman–Crippen LogP) is 4.29. The van der Waals surface area contributed by atoms with Gasteiger partial charge in [-0.15, -0.1) is 10.2 Å². The van der Waals surface area contributed by atoms with Gasteiger partial charge in [-0.05, 0) is 79.1 Å². The van der Waals surface area contributed by atoms with Gasteiger partial charge in [0.15, 0.2) is 23.3 Å². The summed E-state index contributed by atoms with van der Waals surface area (Å²) < 4.78 is 69.7. The van der Waals surface area contributed by atoms with Crippen molar-refractivity contribution in [2.75, 3.05) is 47.2 Å². The molecule has 6 heterocycles. The van der Waals surface area contributed by atoms with E-state index in [-0.39, 0.29) is 47.8 Å². The summed E-state index contributed by atoms with van der Waals surface area (Å²) in [5, 5.41) is 31.4. The van der Waals surface area contributed by atoms with E-state index in [9.17, 15) is 27.2 Å². The number of aromatic nitrogens is 8. The number of carbonyl (C=O) groups excluding carboxylic acids is 1. The van der Waals surface area contributed by atoms with Crippen molar-refractivity contribution < 1.29 is 45.8 Å². The lowest BCUT2D eigenvalue weighted by atomic mass is 9.91. The number of carbonyl (C=O) groups is 2. The first kappa shape index (κ1) is 40.2. The van der Waals surface area contributed by atoms with Crippen LogP contribution >= 0.6 is 0 Å². The Kier molecular flexibility index (Phi) is 10.6. The fourth-order valence-electron chi connectivity index (χ4n) is 7.83. The van der Waals surface area contributed by atoms with Gasteiger partial charge in [-0.1, -0.05) is 10.2 Å². The number of benzene rings is 2. The maximum Gasteiger partial charge on any atom is 0.318 e. The number of anilines is 4. The Bertz CT molecular complexity index is 2580. The minimum absolute atomic E-state index is 0.0498. The van der Waals surface area contributed by atoms with Crippen molar-refractivity contribution in [2.45, 2.75) is 50.7 Å². The van der Waals surface area contributed by atoms with Crippen LogP contribution in [0, 0.1) is 35.1 Å². The normalized spacial score (nSPS) is 18.3. The van der Waals surface area contributed by atoms with Crippen LogP contribution in [-0.2, 0) is 40.0 Å². The van der Waals surface area contributed by atoms with Crippen LogP contribution in [0.3, 0.4) is 0 Å². The summed E-state index contributed by atoms with van der Waals surface area (Å²) in [6.07, 6.45) is 8.41. The maximum absolute atomic E-state index is 13.4. The molecule has 6 aromatic rings. The lowest BCUT2D eigenvalue weighted by molar-refractivity contribution is -0.146. The molecule has 4 aromatic heterocycles. The number of carboxylic acids is 1. The van der Waals surface area contributed by atoms with Gasteiger partial charge in [-0.3, -0.25) is 9.59 Å². The Labute approximate surface area is 348 Å². The molecule has 2 aliphatic heterocycles. The Balaban J connectivity index is 0.000000158. The maximum atomic E-state index is 13.4. The second kappa shape index (κ2) is 16.3. The highest BCUT2D eigenvalue weighted by molar-refractivity contribution is 5.76. The standard InChI is InChI=1S/2C20H18F2N6O3/c1-30-18(29)13-8-28(9-13)20-27-26-17(31-20)12-6-23-19(24-7-12)25-14-2-10-4-15(21)16(22)5-11(10)3-14;1-9-14(18(29)30)8-28(9)20-27-26-17(31-20)12-6-23-19(24-7-12)25-13-2-10-4-15(21)16(22)5-11(10)3-13/h4-7,13-14H,2-3,8-9H2,1H3,(H,23,24,25);4-7,9,13-14H,2-3,8H2,1H3,(H,29,30)(H,23,24,25). The molecule has 0 radical (unpaired) electrons. The number of nitrogens with one attached hydrogen (secondary N) is 2. The number of carboxylic acid groups (broad SMARTS) is 1. The molecule has 2 saturated heterocycles. The molecule has 2 fully saturated rings. The molecule has 2 aromatic carbocycles. The smallest absolute Gasteiger partial charge is 0.318 e. The largest absolute Gasteiger partial charge is 0.481 e. The molecule has 10 rings (SSSR count). The van der Waals surface area contributed by atoms with Crippen LogP contribution < -0.4 is 20.4 Å². The second-order valence-corrected chi connectivity index (χ2v) is 15.4. The molecule has 320 valence electrons. The summed E-state index contributed by atoms with van der Waals surface area (Å²) in [7, 11) is 1.36. The Morgan fingerprint density at radius 3 is 1.50 bits per heavy atom. The second-order valence-electron chi connectivity index (χ2n) is 15.4. The van der Waals surface area contributed by atoms with E-state index in [1.54, 1.807) is 29.1 Å². The molecule has 2 unspecified atom stereocenters. The number of hydrogen-bond donors (Lipinski definition) is 3. The average molecular weight is 857 g/mol. The van der Waals surface area contributed by atoms with Crippen molar-refractivity contribution in [3.8, 4) is 22.9 Å². The van der Waals surface area contributed by atoms with E-state index in [4.69, 9.17) is 18.7 Å². The van der Waals surface area contributed by atoms with Crippen molar-refractivity contribution in [1.82, 2.24) is 40.3 Å². The molecular formula is C40H36F4N12O6. The van der Waals surface area contributed by atoms with Gasteiger partial charge < -0.3 is 39.1 Å². The molecule has 2 aliphatic carbocycles. The zero-order valence-electron chi connectivity index (χ0n) is 32.9. The fraction of sp³-hybridized carbons (Fsp3) is 0.350. The molecule has 18 nitrogen and oxygen atoms in total. The van der Waals surface area contributed by atoms with Crippen LogP contribution in [0.4, 0.5) is 41.5 Å².